The van der Waals surface area contributed by atoms with Gasteiger partial charge in [-0.15, -0.1) is 0 Å². The number of rotatable bonds is 5. The summed E-state index contributed by atoms with van der Waals surface area (Å²) in [7, 11) is 0. The number of carbonyl (C=O) groups is 1. The lowest BCUT2D eigenvalue weighted by atomic mass is 10.1. The van der Waals surface area contributed by atoms with Gasteiger partial charge in [0, 0.05) is 19.3 Å². The summed E-state index contributed by atoms with van der Waals surface area (Å²) in [6, 6.07) is 17.2. The molecule has 37 heavy (non-hydrogen) atoms. The largest absolute Gasteiger partial charge is 0.337 e. The van der Waals surface area contributed by atoms with Crippen LogP contribution >= 0.6 is 0 Å². The van der Waals surface area contributed by atoms with Crippen LogP contribution in [0.2, 0.25) is 0 Å². The number of pyridine rings is 2. The Balaban J connectivity index is 1.26. The fourth-order valence-corrected chi connectivity index (χ4v) is 4.55. The van der Waals surface area contributed by atoms with Crippen molar-refractivity contribution in [3.05, 3.63) is 90.9 Å². The normalized spacial score (nSPS) is 13.6. The highest BCUT2D eigenvalue weighted by atomic mass is 19.1. The van der Waals surface area contributed by atoms with E-state index in [4.69, 9.17) is 0 Å². The fraction of sp³-hybridized carbons (Fsp3) is 0.179. The summed E-state index contributed by atoms with van der Waals surface area (Å²) >= 11 is 0. The van der Waals surface area contributed by atoms with Crippen molar-refractivity contribution in [1.29, 1.82) is 0 Å². The Morgan fingerprint density at radius 2 is 1.68 bits per heavy atom. The van der Waals surface area contributed by atoms with Gasteiger partial charge < -0.3 is 10.2 Å². The van der Waals surface area contributed by atoms with Crippen LogP contribution in [-0.2, 0) is 0 Å². The predicted octanol–water partition coefficient (Wildman–Crippen LogP) is 5.36. The molecular formula is C28H24FN7O. The quantitative estimate of drug-likeness (QED) is 0.355. The van der Waals surface area contributed by atoms with E-state index in [1.165, 1.54) is 0 Å². The molecule has 0 saturated carbocycles. The van der Waals surface area contributed by atoms with E-state index in [-0.39, 0.29) is 17.5 Å². The molecule has 6 rings (SSSR count). The van der Waals surface area contributed by atoms with Gasteiger partial charge in [-0.1, -0.05) is 30.3 Å². The Hall–Kier alpha value is -4.66. The number of amides is 1. The Morgan fingerprint density at radius 3 is 2.46 bits per heavy atom. The number of piperidine rings is 1. The summed E-state index contributed by atoms with van der Waals surface area (Å²) in [6.45, 7) is 1.53. The first kappa shape index (κ1) is 22.8. The lowest BCUT2D eigenvalue weighted by Gasteiger charge is -2.26. The molecule has 1 amide bonds. The van der Waals surface area contributed by atoms with Crippen molar-refractivity contribution in [2.45, 2.75) is 19.3 Å². The summed E-state index contributed by atoms with van der Waals surface area (Å²) in [5.41, 5.74) is 4.33. The topological polar surface area (TPSA) is 88.3 Å². The van der Waals surface area contributed by atoms with Gasteiger partial charge in [0.15, 0.2) is 5.82 Å². The maximum atomic E-state index is 14.9. The molecule has 0 bridgehead atoms. The average molecular weight is 494 g/mol. The second kappa shape index (κ2) is 9.77. The molecule has 0 spiro atoms. The summed E-state index contributed by atoms with van der Waals surface area (Å²) in [4.78, 5) is 31.8. The molecule has 1 N–H and O–H groups in total. The van der Waals surface area contributed by atoms with Crippen LogP contribution in [0.1, 0.15) is 29.8 Å². The first-order valence-corrected chi connectivity index (χ1v) is 12.2. The van der Waals surface area contributed by atoms with Crippen molar-refractivity contribution < 1.29 is 9.18 Å². The van der Waals surface area contributed by atoms with Gasteiger partial charge in [0.05, 0.1) is 30.0 Å². The number of hydrogen-bond donors (Lipinski definition) is 1. The van der Waals surface area contributed by atoms with Crippen LogP contribution < -0.4 is 5.32 Å². The summed E-state index contributed by atoms with van der Waals surface area (Å²) in [6.07, 6.45) is 9.41. The van der Waals surface area contributed by atoms with E-state index in [9.17, 15) is 9.18 Å². The minimum atomic E-state index is -0.557. The van der Waals surface area contributed by atoms with Gasteiger partial charge in [0.25, 0.3) is 5.91 Å². The average Bonchev–Trinajstić information content (AvgIpc) is 3.38. The zero-order valence-electron chi connectivity index (χ0n) is 20.0. The third-order valence-corrected chi connectivity index (χ3v) is 6.48. The van der Waals surface area contributed by atoms with Gasteiger partial charge in [-0.25, -0.2) is 24.3 Å². The molecule has 0 aliphatic carbocycles. The first-order chi connectivity index (χ1) is 18.2. The van der Waals surface area contributed by atoms with Gasteiger partial charge in [-0.05, 0) is 54.7 Å². The molecule has 1 fully saturated rings. The molecule has 4 aromatic heterocycles. The van der Waals surface area contributed by atoms with Crippen molar-refractivity contribution >= 4 is 23.2 Å². The SMILES string of the molecule is O=C(c1ccc(Nc2ncc(F)c(-c3cnc4ccc(-c5ccccc5)cn34)n2)cn1)N1CCCCC1. The molecular weight excluding hydrogens is 469 g/mol. The van der Waals surface area contributed by atoms with Gasteiger partial charge in [0.1, 0.15) is 17.0 Å². The minimum Gasteiger partial charge on any atom is -0.337 e. The molecule has 5 heterocycles. The summed E-state index contributed by atoms with van der Waals surface area (Å²) < 4.78 is 16.7. The zero-order chi connectivity index (χ0) is 25.2. The van der Waals surface area contributed by atoms with Gasteiger partial charge in [0.2, 0.25) is 5.95 Å². The molecule has 184 valence electrons. The number of nitrogens with zero attached hydrogens (tertiary/aromatic N) is 6. The molecule has 1 aliphatic heterocycles. The van der Waals surface area contributed by atoms with Crippen molar-refractivity contribution in [3.63, 3.8) is 0 Å². The smallest absolute Gasteiger partial charge is 0.272 e. The molecule has 0 unspecified atom stereocenters. The fourth-order valence-electron chi connectivity index (χ4n) is 4.55. The zero-order valence-corrected chi connectivity index (χ0v) is 20.0. The second-order valence-electron chi connectivity index (χ2n) is 8.96. The Labute approximate surface area is 212 Å². The van der Waals surface area contributed by atoms with Gasteiger partial charge in [-0.2, -0.15) is 0 Å². The van der Waals surface area contributed by atoms with E-state index < -0.39 is 5.82 Å². The van der Waals surface area contributed by atoms with Crippen LogP contribution in [-0.4, -0.2) is 48.2 Å². The number of anilines is 2. The van der Waals surface area contributed by atoms with Crippen molar-refractivity contribution in [1.82, 2.24) is 29.2 Å². The third kappa shape index (κ3) is 4.63. The van der Waals surface area contributed by atoms with Gasteiger partial charge in [-0.3, -0.25) is 9.20 Å². The highest BCUT2D eigenvalue weighted by molar-refractivity contribution is 5.92. The lowest BCUT2D eigenvalue weighted by molar-refractivity contribution is 0.0718. The van der Waals surface area contributed by atoms with E-state index in [0.717, 1.165) is 49.7 Å². The Kier molecular flexibility index (Phi) is 6.02. The number of fused-ring (bicyclic) bond motifs is 1. The molecule has 1 saturated heterocycles. The number of halogens is 1. The van der Waals surface area contributed by atoms with Crippen LogP contribution in [0.5, 0.6) is 0 Å². The monoisotopic (exact) mass is 493 g/mol. The lowest BCUT2D eigenvalue weighted by Crippen LogP contribution is -2.36. The van der Waals surface area contributed by atoms with Crippen LogP contribution in [0.15, 0.2) is 79.4 Å². The van der Waals surface area contributed by atoms with Crippen LogP contribution in [0.4, 0.5) is 16.0 Å². The molecule has 0 radical (unpaired) electrons. The number of aromatic nitrogens is 5. The van der Waals surface area contributed by atoms with E-state index in [0.29, 0.717) is 22.7 Å². The number of likely N-dealkylation sites (tertiary alicyclic amines) is 1. The van der Waals surface area contributed by atoms with E-state index in [1.54, 1.807) is 24.5 Å². The molecule has 1 aromatic carbocycles. The maximum Gasteiger partial charge on any atom is 0.272 e. The van der Waals surface area contributed by atoms with Gasteiger partial charge >= 0.3 is 0 Å². The highest BCUT2D eigenvalue weighted by Crippen LogP contribution is 2.27. The third-order valence-electron chi connectivity index (χ3n) is 6.48. The number of benzene rings is 1. The number of imidazole rings is 1. The van der Waals surface area contributed by atoms with E-state index in [1.807, 2.05) is 58.0 Å². The highest BCUT2D eigenvalue weighted by Gasteiger charge is 2.19. The minimum absolute atomic E-state index is 0.0611. The molecule has 9 heteroatoms. The van der Waals surface area contributed by atoms with E-state index in [2.05, 4.69) is 25.3 Å². The molecule has 8 nitrogen and oxygen atoms in total. The molecule has 1 aliphatic rings. The van der Waals surface area contributed by atoms with Crippen molar-refractivity contribution in [2.75, 3.05) is 18.4 Å². The van der Waals surface area contributed by atoms with Crippen molar-refractivity contribution in [2.24, 2.45) is 0 Å². The summed E-state index contributed by atoms with van der Waals surface area (Å²) in [5, 5.41) is 3.06. The first-order valence-electron chi connectivity index (χ1n) is 12.2. The standard InChI is InChI=1S/C28H24FN7O/c29-22-16-32-28(33-21-10-11-23(30-15-21)27(37)35-13-5-2-6-14-35)34-26(22)24-17-31-25-12-9-20(18-36(24)25)19-7-3-1-4-8-19/h1,3-4,7-12,15-18H,2,5-6,13-14H2,(H,32,33,34). The van der Waals surface area contributed by atoms with Crippen LogP contribution in [0.25, 0.3) is 28.2 Å². The number of carbonyl (C=O) groups excluding carboxylic acids is 1. The summed E-state index contributed by atoms with van der Waals surface area (Å²) in [5.74, 6) is -0.408. The molecule has 0 atom stereocenters. The number of nitrogens with one attached hydrogen (secondary N) is 1. The Bertz CT molecular complexity index is 1560. The van der Waals surface area contributed by atoms with E-state index >= 15 is 0 Å². The van der Waals surface area contributed by atoms with Crippen LogP contribution in [0.3, 0.4) is 0 Å². The second-order valence-corrected chi connectivity index (χ2v) is 8.96. The van der Waals surface area contributed by atoms with Crippen molar-refractivity contribution in [3.8, 4) is 22.5 Å². The number of hydrogen-bond acceptors (Lipinski definition) is 6. The molecule has 5 aromatic rings. The Morgan fingerprint density at radius 1 is 0.838 bits per heavy atom. The van der Waals surface area contributed by atoms with Crippen LogP contribution in [0, 0.1) is 5.82 Å². The predicted molar refractivity (Wildman–Crippen MR) is 139 cm³/mol. The maximum absolute atomic E-state index is 14.9.